The number of hydrazone groups is 1. The number of nitrogens with zero attached hydrogens (tertiary/aromatic N) is 5. The fraction of sp³-hybridized carbons (Fsp3) is 0.225. The van der Waals surface area contributed by atoms with E-state index in [2.05, 4.69) is 45.0 Å². The largest absolute Gasteiger partial charge is 0.280 e. The predicted octanol–water partition coefficient (Wildman–Crippen LogP) is 8.09. The zero-order valence-electron chi connectivity index (χ0n) is 28.3. The van der Waals surface area contributed by atoms with Gasteiger partial charge in [0, 0.05) is 41.1 Å². The fourth-order valence-corrected chi connectivity index (χ4v) is 9.15. The normalized spacial score (nSPS) is 19.3. The van der Waals surface area contributed by atoms with Crippen molar-refractivity contribution < 1.29 is 13.2 Å². The molecule has 2 atom stereocenters. The molecule has 8 nitrogen and oxygen atoms in total. The van der Waals surface area contributed by atoms with E-state index in [9.17, 15) is 13.2 Å². The van der Waals surface area contributed by atoms with Crippen LogP contribution in [0.4, 0.5) is 5.69 Å². The monoisotopic (exact) mass is 701 g/mol. The highest BCUT2D eigenvalue weighted by Gasteiger charge is 2.33. The molecule has 2 aliphatic heterocycles. The number of benzene rings is 4. The number of sulfonamides is 1. The van der Waals surface area contributed by atoms with Crippen LogP contribution in [0.3, 0.4) is 0 Å². The van der Waals surface area contributed by atoms with Crippen LogP contribution in [0, 0.1) is 18.8 Å². The van der Waals surface area contributed by atoms with Crippen molar-refractivity contribution in [3.63, 3.8) is 0 Å². The zero-order chi connectivity index (χ0) is 34.8. The van der Waals surface area contributed by atoms with Crippen molar-refractivity contribution in [3.8, 4) is 16.9 Å². The highest BCUT2D eigenvalue weighted by Crippen LogP contribution is 2.33. The third-order valence-corrected chi connectivity index (χ3v) is 11.8. The molecular formula is C40H39N5O3S2. The van der Waals surface area contributed by atoms with E-state index in [1.807, 2.05) is 79.0 Å². The van der Waals surface area contributed by atoms with Gasteiger partial charge in [0.25, 0.3) is 5.91 Å². The minimum atomic E-state index is -3.73. The van der Waals surface area contributed by atoms with Crippen molar-refractivity contribution in [1.82, 2.24) is 14.1 Å². The number of carbonyl (C=O) groups is 1. The lowest BCUT2D eigenvalue weighted by atomic mass is 9.94. The number of aromatic nitrogens is 2. The second kappa shape index (κ2) is 14.2. The summed E-state index contributed by atoms with van der Waals surface area (Å²) in [5, 5.41) is 11.3. The number of hydrogen-bond acceptors (Lipinski definition) is 6. The first-order valence-electron chi connectivity index (χ1n) is 16.8. The number of amides is 1. The summed E-state index contributed by atoms with van der Waals surface area (Å²) >= 11 is 1.62. The van der Waals surface area contributed by atoms with Crippen LogP contribution in [0.25, 0.3) is 23.0 Å². The third-order valence-electron chi connectivity index (χ3n) is 9.00. The van der Waals surface area contributed by atoms with Crippen LogP contribution in [-0.2, 0) is 14.8 Å². The number of para-hydroxylation sites is 2. The van der Waals surface area contributed by atoms with Crippen molar-refractivity contribution in [2.75, 3.05) is 23.9 Å². The third kappa shape index (κ3) is 7.10. The van der Waals surface area contributed by atoms with Gasteiger partial charge in [-0.2, -0.15) is 19.5 Å². The summed E-state index contributed by atoms with van der Waals surface area (Å²) < 4.78 is 31.3. The van der Waals surface area contributed by atoms with Crippen molar-refractivity contribution in [2.45, 2.75) is 37.0 Å². The van der Waals surface area contributed by atoms with E-state index in [1.165, 1.54) is 10.6 Å². The van der Waals surface area contributed by atoms with Crippen LogP contribution in [0.2, 0.25) is 0 Å². The Balaban J connectivity index is 1.31. The number of thioether (sulfide) groups is 1. The molecule has 1 amide bonds. The van der Waals surface area contributed by atoms with E-state index in [0.717, 1.165) is 17.0 Å². The number of aryl methyl sites for hydroxylation is 1. The van der Waals surface area contributed by atoms with Crippen molar-refractivity contribution in [2.24, 2.45) is 16.9 Å². The molecule has 3 heterocycles. The molecule has 50 heavy (non-hydrogen) atoms. The average Bonchev–Trinajstić information content (AvgIpc) is 3.69. The predicted molar refractivity (Wildman–Crippen MR) is 202 cm³/mol. The van der Waals surface area contributed by atoms with Crippen LogP contribution in [0.15, 0.2) is 136 Å². The molecule has 5 aromatic rings. The van der Waals surface area contributed by atoms with Gasteiger partial charge in [-0.25, -0.2) is 13.1 Å². The Bertz CT molecular complexity index is 2170. The van der Waals surface area contributed by atoms with Gasteiger partial charge in [-0.05, 0) is 79.8 Å². The van der Waals surface area contributed by atoms with Gasteiger partial charge in [0.1, 0.15) is 5.69 Å². The van der Waals surface area contributed by atoms with Gasteiger partial charge in [-0.3, -0.25) is 4.79 Å². The molecule has 2 aliphatic rings. The highest BCUT2D eigenvalue weighted by molar-refractivity contribution is 8.00. The van der Waals surface area contributed by atoms with Crippen LogP contribution >= 0.6 is 11.8 Å². The molecule has 1 aromatic heterocycles. The second-order valence-electron chi connectivity index (χ2n) is 13.2. The first-order chi connectivity index (χ1) is 24.2. The average molecular weight is 702 g/mol. The quantitative estimate of drug-likeness (QED) is 0.115. The van der Waals surface area contributed by atoms with Crippen LogP contribution in [0.1, 0.15) is 31.4 Å². The van der Waals surface area contributed by atoms with Gasteiger partial charge in [0.2, 0.25) is 10.0 Å². The maximum absolute atomic E-state index is 14.1. The summed E-state index contributed by atoms with van der Waals surface area (Å²) in [6, 6.07) is 34.4. The van der Waals surface area contributed by atoms with Gasteiger partial charge in [-0.1, -0.05) is 80.1 Å². The zero-order valence-corrected chi connectivity index (χ0v) is 29.9. The van der Waals surface area contributed by atoms with E-state index < -0.39 is 10.0 Å². The van der Waals surface area contributed by atoms with Gasteiger partial charge >= 0.3 is 0 Å². The molecule has 1 saturated heterocycles. The summed E-state index contributed by atoms with van der Waals surface area (Å²) in [5.41, 5.74) is 5.69. The lowest BCUT2D eigenvalue weighted by Crippen LogP contribution is -2.42. The van der Waals surface area contributed by atoms with E-state index in [4.69, 9.17) is 10.2 Å². The summed E-state index contributed by atoms with van der Waals surface area (Å²) in [5.74, 6) is 0.817. The maximum Gasteiger partial charge on any atom is 0.280 e. The van der Waals surface area contributed by atoms with Crippen molar-refractivity contribution in [3.05, 3.63) is 132 Å². The molecule has 10 heteroatoms. The number of carbonyl (C=O) groups excluding carboxylic acids is 1. The van der Waals surface area contributed by atoms with E-state index in [0.29, 0.717) is 52.6 Å². The Hall–Kier alpha value is -4.77. The van der Waals surface area contributed by atoms with Gasteiger partial charge in [-0.15, -0.1) is 11.8 Å². The topological polar surface area (TPSA) is 87.9 Å². The van der Waals surface area contributed by atoms with Crippen molar-refractivity contribution >= 4 is 45.2 Å². The van der Waals surface area contributed by atoms with Crippen molar-refractivity contribution in [1.29, 1.82) is 0 Å². The number of piperidine rings is 1. The fourth-order valence-electron chi connectivity index (χ4n) is 6.58. The number of hydrogen-bond donors (Lipinski definition) is 0. The van der Waals surface area contributed by atoms with Crippen LogP contribution in [0.5, 0.6) is 0 Å². The summed E-state index contributed by atoms with van der Waals surface area (Å²) in [6.07, 6.45) is 4.74. The van der Waals surface area contributed by atoms with E-state index >= 15 is 0 Å². The molecule has 0 spiro atoms. The van der Waals surface area contributed by atoms with E-state index in [-0.39, 0.29) is 22.6 Å². The summed E-state index contributed by atoms with van der Waals surface area (Å²) in [7, 11) is -3.73. The molecule has 1 fully saturated rings. The summed E-state index contributed by atoms with van der Waals surface area (Å²) in [4.78, 5) is 15.4. The molecule has 0 saturated carbocycles. The van der Waals surface area contributed by atoms with Gasteiger partial charge in [0.15, 0.2) is 0 Å². The Labute approximate surface area is 298 Å². The van der Waals surface area contributed by atoms with E-state index in [1.54, 1.807) is 38.9 Å². The van der Waals surface area contributed by atoms with Crippen LogP contribution in [-0.4, -0.2) is 53.0 Å². The first-order valence-corrected chi connectivity index (χ1v) is 19.2. The lowest BCUT2D eigenvalue weighted by Gasteiger charge is -2.34. The molecule has 4 aromatic carbocycles. The molecule has 254 valence electrons. The summed E-state index contributed by atoms with van der Waals surface area (Å²) in [6.45, 7) is 7.26. The molecule has 7 rings (SSSR count). The smallest absolute Gasteiger partial charge is 0.267 e. The molecular weight excluding hydrogens is 663 g/mol. The molecule has 2 unspecified atom stereocenters. The Morgan fingerprint density at radius 1 is 0.840 bits per heavy atom. The first kappa shape index (κ1) is 33.7. The Morgan fingerprint density at radius 2 is 1.50 bits per heavy atom. The second-order valence-corrected chi connectivity index (χ2v) is 16.2. The number of rotatable bonds is 9. The minimum Gasteiger partial charge on any atom is -0.267 e. The Kier molecular flexibility index (Phi) is 9.59. The molecule has 0 radical (unpaired) electrons. The molecule has 0 aliphatic carbocycles. The lowest BCUT2D eigenvalue weighted by molar-refractivity contribution is -0.114. The molecule has 0 N–H and O–H groups in total. The maximum atomic E-state index is 14.1. The Morgan fingerprint density at radius 3 is 2.18 bits per heavy atom. The van der Waals surface area contributed by atoms with Crippen LogP contribution < -0.4 is 5.01 Å². The SMILES string of the molecule is Cc1ccc(SCC2=NN(c3ccccc3)C(=O)/C2=C\c2cn(-c3ccccc3)nc2-c2cccc(S(=O)(=O)N3CC(C)CC(C)C3)c2)cc1. The van der Waals surface area contributed by atoms with Gasteiger partial charge < -0.3 is 0 Å². The minimum absolute atomic E-state index is 0.230. The molecule has 0 bridgehead atoms. The van der Waals surface area contributed by atoms with Gasteiger partial charge in [0.05, 0.1) is 27.6 Å². The highest BCUT2D eigenvalue weighted by atomic mass is 32.2. The number of anilines is 1. The standard InChI is InChI=1S/C40H39N5O3S2/c1-28-17-19-35(20-18-28)49-27-38-37(40(46)45(41-38)34-14-8-5-9-15-34)23-32-26-44(33-12-6-4-7-13-33)42-39(32)31-11-10-16-36(22-31)50(47,48)43-24-29(2)21-30(3)25-43/h4-20,22-23,26,29-30H,21,24-25,27H2,1-3H3/b37-23-.